The molecule has 1 aromatic heterocycles. The zero-order chi connectivity index (χ0) is 19.3. The minimum Gasteiger partial charge on any atom is -0.317 e. The quantitative estimate of drug-likeness (QED) is 0.795. The third kappa shape index (κ3) is 3.03. The number of aryl methyl sites for hydroxylation is 1. The fraction of sp³-hybridized carbons (Fsp3) is 0.364. The smallest absolute Gasteiger partial charge is 0.252 e. The summed E-state index contributed by atoms with van der Waals surface area (Å²) in [7, 11) is 2.51. The number of amides is 1. The molecule has 3 aliphatic heterocycles. The number of nitrogens with zero attached hydrogens (tertiary/aromatic N) is 3. The fourth-order valence-corrected chi connectivity index (χ4v) is 5.95. The van der Waals surface area contributed by atoms with Crippen molar-refractivity contribution < 1.29 is 4.79 Å². The van der Waals surface area contributed by atoms with Gasteiger partial charge < -0.3 is 10.2 Å². The lowest BCUT2D eigenvalue weighted by molar-refractivity contribution is -0.123. The molecule has 1 amide bonds. The fourth-order valence-electron chi connectivity index (χ4n) is 4.47. The van der Waals surface area contributed by atoms with Crippen molar-refractivity contribution in [2.75, 3.05) is 13.1 Å². The van der Waals surface area contributed by atoms with Gasteiger partial charge in [0.25, 0.3) is 5.91 Å². The molecule has 0 radical (unpaired) electrons. The molecule has 2 atom stereocenters. The van der Waals surface area contributed by atoms with Gasteiger partial charge in [-0.2, -0.15) is 5.10 Å². The van der Waals surface area contributed by atoms with E-state index >= 15 is 0 Å². The molecular weight excluding hydrogens is 367 g/mol. The molecule has 3 aliphatic rings. The van der Waals surface area contributed by atoms with Crippen LogP contribution in [0.4, 0.5) is 0 Å². The second kappa shape index (κ2) is 6.98. The van der Waals surface area contributed by atoms with Crippen LogP contribution in [0.25, 0.3) is 16.2 Å². The van der Waals surface area contributed by atoms with E-state index < -0.39 is 0 Å². The minimum absolute atomic E-state index is 0.101. The lowest BCUT2D eigenvalue weighted by Crippen LogP contribution is -2.39. The van der Waals surface area contributed by atoms with Gasteiger partial charge in [-0.3, -0.25) is 9.48 Å². The summed E-state index contributed by atoms with van der Waals surface area (Å²) in [5.41, 5.74) is 4.87. The Kier molecular flexibility index (Phi) is 4.45. The number of piperidine rings is 1. The lowest BCUT2D eigenvalue weighted by atomic mass is 9.88. The standard InChI is InChI=1S/C22H25N4OP/c1-14-9-18(15-5-7-23-8-6-15)13-26-21(27)11-20(28-22(14)26)16-3-4-19-17(10-16)12-24-25(19)2/h3-4,9-13,15,22-23,28H,5-8H2,1-2H3. The number of aromatic nitrogens is 2. The number of nitrogens with one attached hydrogen (secondary N) is 1. The molecule has 2 aromatic rings. The highest BCUT2D eigenvalue weighted by Gasteiger charge is 2.33. The van der Waals surface area contributed by atoms with Gasteiger partial charge in [0.15, 0.2) is 0 Å². The van der Waals surface area contributed by atoms with Crippen molar-refractivity contribution in [2.24, 2.45) is 13.0 Å². The van der Waals surface area contributed by atoms with Gasteiger partial charge in [0.05, 0.1) is 17.5 Å². The Labute approximate surface area is 166 Å². The van der Waals surface area contributed by atoms with Gasteiger partial charge in [0.1, 0.15) is 0 Å². The van der Waals surface area contributed by atoms with Gasteiger partial charge in [-0.05, 0) is 72.9 Å². The molecule has 6 heteroatoms. The molecule has 28 heavy (non-hydrogen) atoms. The van der Waals surface area contributed by atoms with Crippen molar-refractivity contribution in [3.8, 4) is 0 Å². The number of allylic oxidation sites excluding steroid dienone is 2. The molecule has 4 heterocycles. The first-order valence-corrected chi connectivity index (χ1v) is 11.0. The molecule has 144 valence electrons. The normalized spacial score (nSPS) is 24.2. The van der Waals surface area contributed by atoms with Gasteiger partial charge >= 0.3 is 0 Å². The number of hydrogen-bond acceptors (Lipinski definition) is 3. The third-order valence-electron chi connectivity index (χ3n) is 6.07. The maximum absolute atomic E-state index is 13.0. The zero-order valence-corrected chi connectivity index (χ0v) is 17.3. The van der Waals surface area contributed by atoms with Crippen LogP contribution in [0.15, 0.2) is 53.9 Å². The Balaban J connectivity index is 1.46. The average Bonchev–Trinajstić information content (AvgIpc) is 3.09. The molecule has 0 spiro atoms. The highest BCUT2D eigenvalue weighted by Crippen LogP contribution is 2.48. The van der Waals surface area contributed by atoms with Crippen LogP contribution in [0.2, 0.25) is 0 Å². The highest BCUT2D eigenvalue weighted by molar-refractivity contribution is 7.51. The Morgan fingerprint density at radius 2 is 2.04 bits per heavy atom. The van der Waals surface area contributed by atoms with E-state index in [1.807, 2.05) is 28.9 Å². The van der Waals surface area contributed by atoms with E-state index in [0.717, 1.165) is 47.7 Å². The van der Waals surface area contributed by atoms with E-state index in [4.69, 9.17) is 0 Å². The van der Waals surface area contributed by atoms with E-state index in [9.17, 15) is 4.79 Å². The number of carbonyl (C=O) groups excluding carboxylic acids is 1. The van der Waals surface area contributed by atoms with Crippen molar-refractivity contribution in [2.45, 2.75) is 25.5 Å². The van der Waals surface area contributed by atoms with Crippen molar-refractivity contribution in [3.05, 3.63) is 59.5 Å². The summed E-state index contributed by atoms with van der Waals surface area (Å²) in [5, 5.41) is 10.0. The molecular formula is C22H25N4OP. The Hall–Kier alpha value is -2.23. The molecule has 1 aromatic carbocycles. The molecule has 0 bridgehead atoms. The molecule has 1 N–H and O–H groups in total. The molecule has 5 rings (SSSR count). The predicted molar refractivity (Wildman–Crippen MR) is 115 cm³/mol. The number of rotatable bonds is 2. The van der Waals surface area contributed by atoms with Crippen LogP contribution in [0.3, 0.4) is 0 Å². The molecule has 1 fully saturated rings. The summed E-state index contributed by atoms with van der Waals surface area (Å²) >= 11 is 0. The lowest BCUT2D eigenvalue weighted by Gasteiger charge is -2.38. The van der Waals surface area contributed by atoms with E-state index in [-0.39, 0.29) is 11.7 Å². The SMILES string of the molecule is CC1=CC(C2CCNCC2)=CN2C(=O)C=C(c3ccc4c(cnn4C)c3)PC12. The number of hydrogen-bond donors (Lipinski definition) is 1. The van der Waals surface area contributed by atoms with E-state index in [1.165, 1.54) is 11.1 Å². The second-order valence-corrected chi connectivity index (χ2v) is 9.31. The van der Waals surface area contributed by atoms with Crippen molar-refractivity contribution >= 4 is 30.7 Å². The first kappa shape index (κ1) is 17.8. The van der Waals surface area contributed by atoms with Gasteiger partial charge in [-0.15, -0.1) is 0 Å². The summed E-state index contributed by atoms with van der Waals surface area (Å²) < 4.78 is 1.88. The predicted octanol–water partition coefficient (Wildman–Crippen LogP) is 3.60. The van der Waals surface area contributed by atoms with Gasteiger partial charge in [0.2, 0.25) is 0 Å². The molecule has 0 saturated carbocycles. The number of fused-ring (bicyclic) bond motifs is 2. The van der Waals surface area contributed by atoms with E-state index in [1.54, 1.807) is 0 Å². The summed E-state index contributed by atoms with van der Waals surface area (Å²) in [6.07, 6.45) is 10.5. The summed E-state index contributed by atoms with van der Waals surface area (Å²) in [6, 6.07) is 6.37. The van der Waals surface area contributed by atoms with E-state index in [0.29, 0.717) is 14.5 Å². The Morgan fingerprint density at radius 1 is 1.21 bits per heavy atom. The summed E-state index contributed by atoms with van der Waals surface area (Å²) in [5.74, 6) is 0.818. The zero-order valence-electron chi connectivity index (χ0n) is 16.3. The van der Waals surface area contributed by atoms with Crippen LogP contribution in [-0.4, -0.2) is 39.5 Å². The molecule has 5 nitrogen and oxygen atoms in total. The van der Waals surface area contributed by atoms with Crippen molar-refractivity contribution in [1.29, 1.82) is 0 Å². The highest BCUT2D eigenvalue weighted by atomic mass is 31.1. The monoisotopic (exact) mass is 392 g/mol. The minimum atomic E-state index is 0.101. The van der Waals surface area contributed by atoms with Gasteiger partial charge in [0, 0.05) is 24.7 Å². The van der Waals surface area contributed by atoms with Crippen LogP contribution in [0.1, 0.15) is 25.3 Å². The van der Waals surface area contributed by atoms with Gasteiger partial charge in [-0.1, -0.05) is 20.7 Å². The maximum atomic E-state index is 13.0. The first-order valence-electron chi connectivity index (χ1n) is 9.93. The first-order chi connectivity index (χ1) is 13.6. The van der Waals surface area contributed by atoms with Crippen molar-refractivity contribution in [3.63, 3.8) is 0 Å². The van der Waals surface area contributed by atoms with Crippen LogP contribution in [0, 0.1) is 5.92 Å². The van der Waals surface area contributed by atoms with Crippen molar-refractivity contribution in [1.82, 2.24) is 20.0 Å². The van der Waals surface area contributed by atoms with Crippen LogP contribution < -0.4 is 5.32 Å². The van der Waals surface area contributed by atoms with Gasteiger partial charge in [-0.25, -0.2) is 0 Å². The van der Waals surface area contributed by atoms with Crippen LogP contribution in [-0.2, 0) is 11.8 Å². The average molecular weight is 392 g/mol. The summed E-state index contributed by atoms with van der Waals surface area (Å²) in [4.78, 5) is 15.0. The van der Waals surface area contributed by atoms with Crippen LogP contribution >= 0.6 is 8.58 Å². The maximum Gasteiger partial charge on any atom is 0.252 e. The summed E-state index contributed by atoms with van der Waals surface area (Å²) in [6.45, 7) is 4.31. The Morgan fingerprint density at radius 3 is 2.86 bits per heavy atom. The number of carbonyl (C=O) groups is 1. The second-order valence-electron chi connectivity index (χ2n) is 7.93. The Bertz CT molecular complexity index is 1040. The molecule has 1 saturated heterocycles. The topological polar surface area (TPSA) is 50.2 Å². The number of benzene rings is 1. The molecule has 0 aliphatic carbocycles. The van der Waals surface area contributed by atoms with Crippen LogP contribution in [0.5, 0.6) is 0 Å². The molecule has 2 unspecified atom stereocenters. The largest absolute Gasteiger partial charge is 0.317 e. The third-order valence-corrected chi connectivity index (χ3v) is 7.83. The van der Waals surface area contributed by atoms with E-state index in [2.05, 4.69) is 47.8 Å².